The van der Waals surface area contributed by atoms with Gasteiger partial charge in [-0.15, -0.1) is 0 Å². The zero-order valence-corrected chi connectivity index (χ0v) is 17.7. The molecular formula is C20H30N4O4S. The summed E-state index contributed by atoms with van der Waals surface area (Å²) in [6.07, 6.45) is 6.17. The fourth-order valence-corrected chi connectivity index (χ4v) is 5.26. The standard InChI is InChI=1S/C20H30N4O4S/c1-22-29(26,27)17-10-16(19-15(18(17)21)5-3-9-28-19)20(25)23-11-14-4-2-8-24(14)12-13-6-7-13/h10,13-14,22H,2-9,11-12,21H2,1H3,(H,23,25). The number of benzene rings is 1. The van der Waals surface area contributed by atoms with Crippen LogP contribution >= 0.6 is 0 Å². The molecule has 9 heteroatoms. The van der Waals surface area contributed by atoms with E-state index < -0.39 is 10.0 Å². The molecule has 2 fully saturated rings. The number of nitrogens with one attached hydrogen (secondary N) is 2. The number of hydrogen-bond donors (Lipinski definition) is 3. The van der Waals surface area contributed by atoms with Gasteiger partial charge in [-0.05, 0) is 64.1 Å². The average Bonchev–Trinajstić information content (AvgIpc) is 3.43. The Balaban J connectivity index is 1.56. The van der Waals surface area contributed by atoms with Gasteiger partial charge in [-0.3, -0.25) is 9.69 Å². The van der Waals surface area contributed by atoms with Gasteiger partial charge in [0, 0.05) is 24.7 Å². The highest BCUT2D eigenvalue weighted by Gasteiger charge is 2.32. The van der Waals surface area contributed by atoms with E-state index in [4.69, 9.17) is 10.5 Å². The van der Waals surface area contributed by atoms with Gasteiger partial charge in [-0.25, -0.2) is 13.1 Å². The van der Waals surface area contributed by atoms with Crippen molar-refractivity contribution in [2.75, 3.05) is 39.0 Å². The summed E-state index contributed by atoms with van der Waals surface area (Å²) in [5.74, 6) is 0.926. The number of nitrogens with two attached hydrogens (primary N) is 1. The Labute approximate surface area is 172 Å². The van der Waals surface area contributed by atoms with Crippen molar-refractivity contribution < 1.29 is 17.9 Å². The Morgan fingerprint density at radius 1 is 1.31 bits per heavy atom. The molecule has 0 radical (unpaired) electrons. The van der Waals surface area contributed by atoms with Crippen LogP contribution in [0, 0.1) is 5.92 Å². The molecule has 2 aliphatic heterocycles. The second kappa shape index (κ2) is 8.12. The van der Waals surface area contributed by atoms with E-state index in [2.05, 4.69) is 14.9 Å². The fourth-order valence-electron chi connectivity index (χ4n) is 4.35. The molecule has 1 atom stereocenters. The molecule has 0 bridgehead atoms. The number of likely N-dealkylation sites (tertiary alicyclic amines) is 1. The van der Waals surface area contributed by atoms with E-state index >= 15 is 0 Å². The lowest BCUT2D eigenvalue weighted by atomic mass is 9.99. The lowest BCUT2D eigenvalue weighted by Gasteiger charge is -2.26. The zero-order valence-electron chi connectivity index (χ0n) is 16.9. The molecule has 1 aromatic carbocycles. The molecule has 8 nitrogen and oxygen atoms in total. The monoisotopic (exact) mass is 422 g/mol. The third kappa shape index (κ3) is 4.22. The van der Waals surface area contributed by atoms with Crippen LogP contribution in [0.3, 0.4) is 0 Å². The van der Waals surface area contributed by atoms with Crippen molar-refractivity contribution in [1.82, 2.24) is 14.9 Å². The van der Waals surface area contributed by atoms with Crippen LogP contribution in [0.25, 0.3) is 0 Å². The van der Waals surface area contributed by atoms with Gasteiger partial charge in [0.1, 0.15) is 10.6 Å². The summed E-state index contributed by atoms with van der Waals surface area (Å²) < 4.78 is 32.9. The lowest BCUT2D eigenvalue weighted by molar-refractivity contribution is 0.0935. The van der Waals surface area contributed by atoms with Crippen LogP contribution in [-0.2, 0) is 16.4 Å². The maximum Gasteiger partial charge on any atom is 0.255 e. The molecule has 160 valence electrons. The minimum Gasteiger partial charge on any atom is -0.492 e. The van der Waals surface area contributed by atoms with Crippen molar-refractivity contribution >= 4 is 21.6 Å². The van der Waals surface area contributed by atoms with Crippen molar-refractivity contribution in [2.45, 2.75) is 49.5 Å². The number of ether oxygens (including phenoxy) is 1. The number of amides is 1. The van der Waals surface area contributed by atoms with Crippen molar-refractivity contribution in [1.29, 1.82) is 0 Å². The Morgan fingerprint density at radius 3 is 2.83 bits per heavy atom. The number of rotatable bonds is 7. The van der Waals surface area contributed by atoms with Crippen molar-refractivity contribution in [3.8, 4) is 5.75 Å². The Morgan fingerprint density at radius 2 is 2.10 bits per heavy atom. The van der Waals surface area contributed by atoms with Gasteiger partial charge in [0.2, 0.25) is 10.0 Å². The molecule has 0 spiro atoms. The van der Waals surface area contributed by atoms with Crippen molar-refractivity contribution in [2.24, 2.45) is 5.92 Å². The third-order valence-corrected chi connectivity index (χ3v) is 7.65. The maximum atomic E-state index is 13.0. The quantitative estimate of drug-likeness (QED) is 0.567. The summed E-state index contributed by atoms with van der Waals surface area (Å²) >= 11 is 0. The normalized spacial score (nSPS) is 22.2. The van der Waals surface area contributed by atoms with Gasteiger partial charge >= 0.3 is 0 Å². The smallest absolute Gasteiger partial charge is 0.255 e. The molecule has 29 heavy (non-hydrogen) atoms. The van der Waals surface area contributed by atoms with Crippen LogP contribution in [0.1, 0.15) is 48.0 Å². The van der Waals surface area contributed by atoms with E-state index in [1.165, 1.54) is 26.0 Å². The molecule has 4 rings (SSSR count). The van der Waals surface area contributed by atoms with Crippen LogP contribution in [-0.4, -0.2) is 58.6 Å². The number of fused-ring (bicyclic) bond motifs is 1. The van der Waals surface area contributed by atoms with Crippen LogP contribution in [0.4, 0.5) is 5.69 Å². The van der Waals surface area contributed by atoms with Crippen molar-refractivity contribution in [3.05, 3.63) is 17.2 Å². The highest BCUT2D eigenvalue weighted by molar-refractivity contribution is 7.89. The number of sulfonamides is 1. The predicted molar refractivity (Wildman–Crippen MR) is 111 cm³/mol. The first-order valence-electron chi connectivity index (χ1n) is 10.4. The second-order valence-corrected chi connectivity index (χ2v) is 10.1. The minimum absolute atomic E-state index is 0.0642. The second-order valence-electron chi connectivity index (χ2n) is 8.25. The molecule has 0 aromatic heterocycles. The molecule has 4 N–H and O–H groups in total. The number of carbonyl (C=O) groups is 1. The largest absolute Gasteiger partial charge is 0.492 e. The number of nitrogens with zero attached hydrogens (tertiary/aromatic N) is 1. The first-order valence-corrected chi connectivity index (χ1v) is 11.9. The topological polar surface area (TPSA) is 114 Å². The van der Waals surface area contributed by atoms with Gasteiger partial charge in [0.15, 0.2) is 0 Å². The molecule has 1 aliphatic carbocycles. The van der Waals surface area contributed by atoms with E-state index in [0.29, 0.717) is 36.9 Å². The lowest BCUT2D eigenvalue weighted by Crippen LogP contribution is -2.41. The van der Waals surface area contributed by atoms with Crippen LogP contribution < -0.4 is 20.5 Å². The SMILES string of the molecule is CNS(=O)(=O)c1cc(C(=O)NCC2CCCN2CC2CC2)c2c(c1N)CCCO2. The maximum absolute atomic E-state index is 13.0. The summed E-state index contributed by atoms with van der Waals surface area (Å²) in [7, 11) is -2.45. The summed E-state index contributed by atoms with van der Waals surface area (Å²) in [5, 5.41) is 3.01. The van der Waals surface area contributed by atoms with Crippen LogP contribution in [0.5, 0.6) is 5.75 Å². The first-order chi connectivity index (χ1) is 13.9. The fraction of sp³-hybridized carbons (Fsp3) is 0.650. The molecule has 3 aliphatic rings. The molecule has 1 saturated heterocycles. The molecule has 1 unspecified atom stereocenters. The van der Waals surface area contributed by atoms with Gasteiger partial charge < -0.3 is 15.8 Å². The zero-order chi connectivity index (χ0) is 20.6. The Kier molecular flexibility index (Phi) is 5.72. The summed E-state index contributed by atoms with van der Waals surface area (Å²) in [4.78, 5) is 15.4. The number of nitrogen functional groups attached to an aromatic ring is 1. The number of carbonyl (C=O) groups excluding carboxylic acids is 1. The number of hydrogen-bond acceptors (Lipinski definition) is 6. The van der Waals surface area contributed by atoms with Gasteiger partial charge in [0.25, 0.3) is 5.91 Å². The van der Waals surface area contributed by atoms with Crippen LogP contribution in [0.15, 0.2) is 11.0 Å². The summed E-state index contributed by atoms with van der Waals surface area (Å²) in [6.45, 7) is 3.24. The number of anilines is 1. The third-order valence-electron chi connectivity index (χ3n) is 6.19. The Bertz CT molecular complexity index is 898. The van der Waals surface area contributed by atoms with E-state index in [1.807, 2.05) is 0 Å². The molecular weight excluding hydrogens is 392 g/mol. The molecule has 1 saturated carbocycles. The minimum atomic E-state index is -3.78. The molecule has 1 aromatic rings. The van der Waals surface area contributed by atoms with E-state index in [-0.39, 0.29) is 22.1 Å². The highest BCUT2D eigenvalue weighted by Crippen LogP contribution is 2.38. The van der Waals surface area contributed by atoms with E-state index in [0.717, 1.165) is 38.3 Å². The first kappa shape index (κ1) is 20.4. The highest BCUT2D eigenvalue weighted by atomic mass is 32.2. The van der Waals surface area contributed by atoms with Gasteiger partial charge in [-0.2, -0.15) is 0 Å². The van der Waals surface area contributed by atoms with E-state index in [9.17, 15) is 13.2 Å². The average molecular weight is 423 g/mol. The molecule has 1 amide bonds. The van der Waals surface area contributed by atoms with Gasteiger partial charge in [-0.1, -0.05) is 0 Å². The summed E-state index contributed by atoms with van der Waals surface area (Å²) in [6, 6.07) is 1.68. The van der Waals surface area contributed by atoms with Crippen LogP contribution in [0.2, 0.25) is 0 Å². The summed E-state index contributed by atoms with van der Waals surface area (Å²) in [5.41, 5.74) is 7.16. The van der Waals surface area contributed by atoms with Gasteiger partial charge in [0.05, 0.1) is 17.9 Å². The van der Waals surface area contributed by atoms with Crippen molar-refractivity contribution in [3.63, 3.8) is 0 Å². The Hall–Kier alpha value is -1.84. The van der Waals surface area contributed by atoms with E-state index in [1.54, 1.807) is 0 Å². The predicted octanol–water partition coefficient (Wildman–Crippen LogP) is 1.11. The molecule has 2 heterocycles.